The van der Waals surface area contributed by atoms with Gasteiger partial charge in [0.15, 0.2) is 0 Å². The van der Waals surface area contributed by atoms with Gasteiger partial charge in [-0.15, -0.1) is 0 Å². The van der Waals surface area contributed by atoms with Crippen molar-refractivity contribution in [3.05, 3.63) is 36.2 Å². The van der Waals surface area contributed by atoms with Gasteiger partial charge in [-0.25, -0.2) is 4.98 Å². The fourth-order valence-corrected chi connectivity index (χ4v) is 1.82. The largest absolute Gasteiger partial charge is 0.481 e. The van der Waals surface area contributed by atoms with E-state index in [-0.39, 0.29) is 18.0 Å². The predicted octanol–water partition coefficient (Wildman–Crippen LogP) is 1.57. The van der Waals surface area contributed by atoms with Gasteiger partial charge in [0, 0.05) is 20.0 Å². The zero-order chi connectivity index (χ0) is 14.5. The summed E-state index contributed by atoms with van der Waals surface area (Å²) in [7, 11) is 1.63. The van der Waals surface area contributed by atoms with Crippen LogP contribution in [0.5, 0.6) is 0 Å². The molecule has 0 aliphatic heterocycles. The topological polar surface area (TPSA) is 83.4 Å². The van der Waals surface area contributed by atoms with E-state index in [0.717, 1.165) is 5.52 Å². The highest BCUT2D eigenvalue weighted by molar-refractivity contribution is 5.93. The average molecular weight is 273 g/mol. The maximum Gasteiger partial charge on any atom is 0.303 e. The van der Waals surface area contributed by atoms with Gasteiger partial charge >= 0.3 is 5.97 Å². The van der Waals surface area contributed by atoms with Crippen molar-refractivity contribution in [3.63, 3.8) is 0 Å². The molecular formula is C14H15N3O3. The number of carboxylic acids is 1. The standard InChI is InChI=1S/C14H15N3O3/c1-17(8-4-7-13(18)19)14(20)12-9-15-10-5-2-3-6-11(10)16-12/h2-3,5-6,9H,4,7-8H2,1H3,(H,18,19). The molecule has 6 heteroatoms. The van der Waals surface area contributed by atoms with Crippen LogP contribution in [0.4, 0.5) is 0 Å². The second kappa shape index (κ2) is 6.10. The van der Waals surface area contributed by atoms with Crippen molar-refractivity contribution >= 4 is 22.9 Å². The van der Waals surface area contributed by atoms with E-state index < -0.39 is 5.97 Å². The van der Waals surface area contributed by atoms with Gasteiger partial charge in [0.2, 0.25) is 0 Å². The molecule has 0 saturated heterocycles. The lowest BCUT2D eigenvalue weighted by Crippen LogP contribution is -2.29. The van der Waals surface area contributed by atoms with Crippen molar-refractivity contribution in [2.24, 2.45) is 0 Å². The van der Waals surface area contributed by atoms with Gasteiger partial charge in [-0.1, -0.05) is 12.1 Å². The van der Waals surface area contributed by atoms with E-state index in [9.17, 15) is 9.59 Å². The summed E-state index contributed by atoms with van der Waals surface area (Å²) >= 11 is 0. The Hall–Kier alpha value is -2.50. The van der Waals surface area contributed by atoms with Crippen LogP contribution in [0.1, 0.15) is 23.3 Å². The van der Waals surface area contributed by atoms with Gasteiger partial charge in [0.05, 0.1) is 17.2 Å². The smallest absolute Gasteiger partial charge is 0.303 e. The third kappa shape index (κ3) is 3.28. The Bertz CT molecular complexity index is 642. The molecule has 2 rings (SSSR count). The molecule has 0 saturated carbocycles. The average Bonchev–Trinajstić information content (AvgIpc) is 2.45. The Kier molecular flexibility index (Phi) is 4.24. The summed E-state index contributed by atoms with van der Waals surface area (Å²) in [4.78, 5) is 32.5. The second-order valence-electron chi connectivity index (χ2n) is 4.47. The molecule has 0 aliphatic carbocycles. The maximum absolute atomic E-state index is 12.1. The maximum atomic E-state index is 12.1. The first-order valence-electron chi connectivity index (χ1n) is 6.27. The number of rotatable bonds is 5. The van der Waals surface area contributed by atoms with E-state index in [4.69, 9.17) is 5.11 Å². The lowest BCUT2D eigenvalue weighted by Gasteiger charge is -2.15. The summed E-state index contributed by atoms with van der Waals surface area (Å²) in [5, 5.41) is 8.57. The van der Waals surface area contributed by atoms with E-state index in [1.165, 1.54) is 11.1 Å². The van der Waals surface area contributed by atoms with Gasteiger partial charge < -0.3 is 10.0 Å². The lowest BCUT2D eigenvalue weighted by atomic mass is 10.2. The van der Waals surface area contributed by atoms with Gasteiger partial charge in [-0.2, -0.15) is 0 Å². The molecule has 1 amide bonds. The summed E-state index contributed by atoms with van der Waals surface area (Å²) in [5.41, 5.74) is 1.66. The normalized spacial score (nSPS) is 10.4. The highest BCUT2D eigenvalue weighted by atomic mass is 16.4. The number of carbonyl (C=O) groups is 2. The van der Waals surface area contributed by atoms with Crippen molar-refractivity contribution in [2.45, 2.75) is 12.8 Å². The molecule has 0 radical (unpaired) electrons. The van der Waals surface area contributed by atoms with Gasteiger partial charge in [-0.3, -0.25) is 14.6 Å². The van der Waals surface area contributed by atoms with Crippen LogP contribution in [0.15, 0.2) is 30.5 Å². The number of carboxylic acid groups (broad SMARTS) is 1. The molecule has 6 nitrogen and oxygen atoms in total. The highest BCUT2D eigenvalue weighted by Gasteiger charge is 2.14. The molecule has 1 aromatic heterocycles. The SMILES string of the molecule is CN(CCCC(=O)O)C(=O)c1cnc2ccccc2n1. The van der Waals surface area contributed by atoms with Gasteiger partial charge in [-0.05, 0) is 18.6 Å². The van der Waals surface area contributed by atoms with E-state index in [0.29, 0.717) is 18.5 Å². The molecule has 0 atom stereocenters. The number of hydrogen-bond acceptors (Lipinski definition) is 4. The summed E-state index contributed by atoms with van der Waals surface area (Å²) in [6, 6.07) is 7.31. The molecule has 0 bridgehead atoms. The van der Waals surface area contributed by atoms with Crippen LogP contribution in [-0.2, 0) is 4.79 Å². The number of aliphatic carboxylic acids is 1. The van der Waals surface area contributed by atoms with E-state index in [2.05, 4.69) is 9.97 Å². The number of amides is 1. The van der Waals surface area contributed by atoms with Crippen molar-refractivity contribution in [1.29, 1.82) is 0 Å². The number of hydrogen-bond donors (Lipinski definition) is 1. The molecule has 20 heavy (non-hydrogen) atoms. The minimum Gasteiger partial charge on any atom is -0.481 e. The van der Waals surface area contributed by atoms with Gasteiger partial charge in [0.25, 0.3) is 5.91 Å². The monoisotopic (exact) mass is 273 g/mol. The summed E-state index contributed by atoms with van der Waals surface area (Å²) in [6.07, 6.45) is 1.90. The Morgan fingerprint density at radius 1 is 1.25 bits per heavy atom. The van der Waals surface area contributed by atoms with Crippen LogP contribution >= 0.6 is 0 Å². The number of para-hydroxylation sites is 2. The molecule has 1 heterocycles. The Morgan fingerprint density at radius 2 is 1.95 bits per heavy atom. The summed E-state index contributed by atoms with van der Waals surface area (Å²) in [6.45, 7) is 0.375. The fraction of sp³-hybridized carbons (Fsp3) is 0.286. The first kappa shape index (κ1) is 13.9. The second-order valence-corrected chi connectivity index (χ2v) is 4.47. The third-order valence-electron chi connectivity index (χ3n) is 2.90. The minimum absolute atomic E-state index is 0.0427. The van der Waals surface area contributed by atoms with Crippen LogP contribution in [0.3, 0.4) is 0 Å². The molecule has 0 unspecified atom stereocenters. The predicted molar refractivity (Wildman–Crippen MR) is 73.4 cm³/mol. The van der Waals surface area contributed by atoms with E-state index in [1.807, 2.05) is 18.2 Å². The molecule has 0 aliphatic rings. The van der Waals surface area contributed by atoms with Crippen LogP contribution < -0.4 is 0 Å². The van der Waals surface area contributed by atoms with Crippen LogP contribution in [0.2, 0.25) is 0 Å². The zero-order valence-corrected chi connectivity index (χ0v) is 11.1. The number of nitrogens with zero attached hydrogens (tertiary/aromatic N) is 3. The molecule has 104 valence electrons. The zero-order valence-electron chi connectivity index (χ0n) is 11.1. The summed E-state index contributed by atoms with van der Waals surface area (Å²) in [5.74, 6) is -1.12. The van der Waals surface area contributed by atoms with E-state index in [1.54, 1.807) is 13.1 Å². The van der Waals surface area contributed by atoms with Crippen molar-refractivity contribution in [2.75, 3.05) is 13.6 Å². The first-order valence-corrected chi connectivity index (χ1v) is 6.27. The molecular weight excluding hydrogens is 258 g/mol. The summed E-state index contributed by atoms with van der Waals surface area (Å²) < 4.78 is 0. The molecule has 1 N–H and O–H groups in total. The number of benzene rings is 1. The van der Waals surface area contributed by atoms with Crippen molar-refractivity contribution in [3.8, 4) is 0 Å². The fourth-order valence-electron chi connectivity index (χ4n) is 1.82. The number of fused-ring (bicyclic) bond motifs is 1. The Labute approximate surface area is 116 Å². The van der Waals surface area contributed by atoms with Crippen molar-refractivity contribution < 1.29 is 14.7 Å². The van der Waals surface area contributed by atoms with Crippen LogP contribution in [0, 0.1) is 0 Å². The first-order chi connectivity index (χ1) is 9.58. The Morgan fingerprint density at radius 3 is 2.65 bits per heavy atom. The number of aromatic nitrogens is 2. The van der Waals surface area contributed by atoms with Crippen LogP contribution in [-0.4, -0.2) is 45.4 Å². The lowest BCUT2D eigenvalue weighted by molar-refractivity contribution is -0.137. The van der Waals surface area contributed by atoms with Crippen molar-refractivity contribution in [1.82, 2.24) is 14.9 Å². The van der Waals surface area contributed by atoms with E-state index >= 15 is 0 Å². The molecule has 1 aromatic carbocycles. The van der Waals surface area contributed by atoms with Gasteiger partial charge in [0.1, 0.15) is 5.69 Å². The highest BCUT2D eigenvalue weighted by Crippen LogP contribution is 2.10. The van der Waals surface area contributed by atoms with Crippen LogP contribution in [0.25, 0.3) is 11.0 Å². The third-order valence-corrected chi connectivity index (χ3v) is 2.90. The quantitative estimate of drug-likeness (QED) is 0.894. The molecule has 0 spiro atoms. The Balaban J connectivity index is 2.08. The molecule has 2 aromatic rings. The number of carbonyl (C=O) groups excluding carboxylic acids is 1. The molecule has 0 fully saturated rings. The minimum atomic E-state index is -0.864.